The molecule has 1 aromatic heterocycles. The molecule has 4 nitrogen and oxygen atoms in total. The number of nitrogens with one attached hydrogen (secondary N) is 1. The van der Waals surface area contributed by atoms with Gasteiger partial charge in [-0.3, -0.25) is 9.78 Å². The Balaban J connectivity index is 1.55. The van der Waals surface area contributed by atoms with Gasteiger partial charge < -0.3 is 9.80 Å². The minimum atomic E-state index is -0.317. The smallest absolute Gasteiger partial charge is 0.254 e. The summed E-state index contributed by atoms with van der Waals surface area (Å²) in [5, 5.41) is 0. The number of nitrogens with zero attached hydrogens (tertiary/aromatic N) is 2. The fraction of sp³-hybridized carbons (Fsp3) is 0.294. The highest BCUT2D eigenvalue weighted by Gasteiger charge is 2.24. The highest BCUT2D eigenvalue weighted by molar-refractivity contribution is 5.94. The number of pyridine rings is 1. The van der Waals surface area contributed by atoms with Crippen LogP contribution in [-0.2, 0) is 6.54 Å². The summed E-state index contributed by atoms with van der Waals surface area (Å²) in [7, 11) is 0. The zero-order chi connectivity index (χ0) is 15.4. The van der Waals surface area contributed by atoms with E-state index in [2.05, 4.69) is 11.1 Å². The Hall–Kier alpha value is -2.27. The van der Waals surface area contributed by atoms with Crippen molar-refractivity contribution < 1.29 is 14.1 Å². The number of halogens is 1. The molecule has 0 atom stereocenters. The Labute approximate surface area is 129 Å². The lowest BCUT2D eigenvalue weighted by molar-refractivity contribution is -0.917. The molecule has 0 aliphatic carbocycles. The predicted octanol–water partition coefficient (Wildman–Crippen LogP) is 0.762. The van der Waals surface area contributed by atoms with Crippen LogP contribution < -0.4 is 4.90 Å². The standard InChI is InChI=1S/C17H18FN3O/c18-16-5-3-15(4-6-16)17(22)21-10-8-20(9-11-21)13-14-2-1-7-19-12-14/h1-7,12H,8-11,13H2/p+1. The zero-order valence-corrected chi connectivity index (χ0v) is 12.3. The molecule has 114 valence electrons. The van der Waals surface area contributed by atoms with Gasteiger partial charge in [0.2, 0.25) is 0 Å². The topological polar surface area (TPSA) is 37.6 Å². The number of hydrogen-bond acceptors (Lipinski definition) is 2. The van der Waals surface area contributed by atoms with Crippen molar-refractivity contribution >= 4 is 5.91 Å². The lowest BCUT2D eigenvalue weighted by Crippen LogP contribution is -3.13. The van der Waals surface area contributed by atoms with E-state index in [1.807, 2.05) is 17.2 Å². The summed E-state index contributed by atoms with van der Waals surface area (Å²) in [6.07, 6.45) is 3.67. The molecule has 0 unspecified atom stereocenters. The Bertz CT molecular complexity index is 622. The summed E-state index contributed by atoms with van der Waals surface area (Å²) in [5.41, 5.74) is 1.77. The molecular formula is C17H19FN3O+. The van der Waals surface area contributed by atoms with Gasteiger partial charge in [0, 0.05) is 23.5 Å². The number of benzene rings is 1. The monoisotopic (exact) mass is 300 g/mol. The molecule has 1 aromatic carbocycles. The van der Waals surface area contributed by atoms with E-state index in [4.69, 9.17) is 0 Å². The second-order valence-electron chi connectivity index (χ2n) is 5.59. The molecule has 2 aromatic rings. The van der Waals surface area contributed by atoms with Crippen molar-refractivity contribution in [2.75, 3.05) is 26.2 Å². The van der Waals surface area contributed by atoms with Gasteiger partial charge in [0.25, 0.3) is 5.91 Å². The minimum absolute atomic E-state index is 0.0135. The molecule has 1 aliphatic heterocycles. The van der Waals surface area contributed by atoms with Gasteiger partial charge >= 0.3 is 0 Å². The van der Waals surface area contributed by atoms with Crippen LogP contribution in [0, 0.1) is 5.82 Å². The summed E-state index contributed by atoms with van der Waals surface area (Å²) in [6.45, 7) is 4.23. The maximum absolute atomic E-state index is 12.9. The molecule has 0 saturated carbocycles. The molecule has 22 heavy (non-hydrogen) atoms. The molecular weight excluding hydrogens is 281 g/mol. The molecule has 2 heterocycles. The minimum Gasteiger partial charge on any atom is -0.328 e. The first kappa shape index (κ1) is 14.7. The average Bonchev–Trinajstić information content (AvgIpc) is 2.57. The van der Waals surface area contributed by atoms with Crippen LogP contribution in [0.15, 0.2) is 48.8 Å². The van der Waals surface area contributed by atoms with E-state index in [-0.39, 0.29) is 11.7 Å². The number of rotatable bonds is 3. The Morgan fingerprint density at radius 3 is 2.55 bits per heavy atom. The van der Waals surface area contributed by atoms with Gasteiger partial charge in [0.05, 0.1) is 26.2 Å². The van der Waals surface area contributed by atoms with Gasteiger partial charge in [-0.15, -0.1) is 0 Å². The summed E-state index contributed by atoms with van der Waals surface area (Å²) in [5.74, 6) is -0.331. The zero-order valence-electron chi connectivity index (χ0n) is 12.3. The van der Waals surface area contributed by atoms with Crippen molar-refractivity contribution in [3.8, 4) is 0 Å². The summed E-state index contributed by atoms with van der Waals surface area (Å²) in [4.78, 5) is 19.8. The third-order valence-electron chi connectivity index (χ3n) is 4.03. The van der Waals surface area contributed by atoms with Crippen LogP contribution in [0.1, 0.15) is 15.9 Å². The predicted molar refractivity (Wildman–Crippen MR) is 80.9 cm³/mol. The molecule has 1 N–H and O–H groups in total. The summed E-state index contributed by atoms with van der Waals surface area (Å²) >= 11 is 0. The first-order chi connectivity index (χ1) is 10.7. The maximum atomic E-state index is 12.9. The first-order valence-corrected chi connectivity index (χ1v) is 7.50. The van der Waals surface area contributed by atoms with Crippen molar-refractivity contribution in [3.63, 3.8) is 0 Å². The molecule has 0 radical (unpaired) electrons. The van der Waals surface area contributed by atoms with Crippen LogP contribution in [0.3, 0.4) is 0 Å². The van der Waals surface area contributed by atoms with E-state index in [0.717, 1.165) is 32.7 Å². The lowest BCUT2D eigenvalue weighted by atomic mass is 10.1. The summed E-state index contributed by atoms with van der Waals surface area (Å²) in [6, 6.07) is 9.78. The molecule has 1 saturated heterocycles. The highest BCUT2D eigenvalue weighted by atomic mass is 19.1. The lowest BCUT2D eigenvalue weighted by Gasteiger charge is -2.32. The fourth-order valence-corrected chi connectivity index (χ4v) is 2.77. The van der Waals surface area contributed by atoms with Gasteiger partial charge in [-0.2, -0.15) is 0 Å². The van der Waals surface area contributed by atoms with Crippen molar-refractivity contribution in [3.05, 3.63) is 65.7 Å². The maximum Gasteiger partial charge on any atom is 0.254 e. The Kier molecular flexibility index (Phi) is 4.44. The third-order valence-corrected chi connectivity index (χ3v) is 4.03. The molecule has 1 aliphatic rings. The largest absolute Gasteiger partial charge is 0.328 e. The van der Waals surface area contributed by atoms with Crippen molar-refractivity contribution in [2.24, 2.45) is 0 Å². The number of piperazine rings is 1. The molecule has 0 spiro atoms. The van der Waals surface area contributed by atoms with Crippen LogP contribution in [0.5, 0.6) is 0 Å². The molecule has 5 heteroatoms. The quantitative estimate of drug-likeness (QED) is 0.909. The van der Waals surface area contributed by atoms with E-state index in [1.54, 1.807) is 18.3 Å². The van der Waals surface area contributed by atoms with Crippen LogP contribution in [0.25, 0.3) is 0 Å². The number of hydrogen-bond donors (Lipinski definition) is 1. The van der Waals surface area contributed by atoms with Gasteiger partial charge in [-0.05, 0) is 30.3 Å². The van der Waals surface area contributed by atoms with Crippen LogP contribution in [0.4, 0.5) is 4.39 Å². The highest BCUT2D eigenvalue weighted by Crippen LogP contribution is 2.07. The Morgan fingerprint density at radius 1 is 1.18 bits per heavy atom. The third kappa shape index (κ3) is 3.49. The average molecular weight is 300 g/mol. The van der Waals surface area contributed by atoms with E-state index >= 15 is 0 Å². The molecule has 1 fully saturated rings. The number of aromatic nitrogens is 1. The van der Waals surface area contributed by atoms with Gasteiger partial charge in [0.1, 0.15) is 12.4 Å². The number of quaternary nitrogens is 1. The molecule has 1 amide bonds. The normalized spacial score (nSPS) is 15.8. The van der Waals surface area contributed by atoms with E-state index in [1.165, 1.54) is 22.6 Å². The second kappa shape index (κ2) is 6.66. The number of carbonyl (C=O) groups excluding carboxylic acids is 1. The number of amides is 1. The molecule has 3 rings (SSSR count). The number of carbonyl (C=O) groups is 1. The second-order valence-corrected chi connectivity index (χ2v) is 5.59. The van der Waals surface area contributed by atoms with Crippen molar-refractivity contribution in [1.29, 1.82) is 0 Å². The molecule has 0 bridgehead atoms. The van der Waals surface area contributed by atoms with E-state index < -0.39 is 0 Å². The summed E-state index contributed by atoms with van der Waals surface area (Å²) < 4.78 is 12.9. The fourth-order valence-electron chi connectivity index (χ4n) is 2.77. The van der Waals surface area contributed by atoms with Gasteiger partial charge in [-0.1, -0.05) is 6.07 Å². The van der Waals surface area contributed by atoms with Crippen LogP contribution in [0.2, 0.25) is 0 Å². The van der Waals surface area contributed by atoms with Crippen LogP contribution in [-0.4, -0.2) is 42.0 Å². The first-order valence-electron chi connectivity index (χ1n) is 7.50. The van der Waals surface area contributed by atoms with Gasteiger partial charge in [-0.25, -0.2) is 4.39 Å². The van der Waals surface area contributed by atoms with Crippen molar-refractivity contribution in [2.45, 2.75) is 6.54 Å². The Morgan fingerprint density at radius 2 is 1.91 bits per heavy atom. The SMILES string of the molecule is O=C(c1ccc(F)cc1)N1CC[NH+](Cc2cccnc2)CC1. The van der Waals surface area contributed by atoms with Crippen LogP contribution >= 0.6 is 0 Å². The van der Waals surface area contributed by atoms with E-state index in [0.29, 0.717) is 5.56 Å². The van der Waals surface area contributed by atoms with Crippen molar-refractivity contribution in [1.82, 2.24) is 9.88 Å². The van der Waals surface area contributed by atoms with E-state index in [9.17, 15) is 9.18 Å². The van der Waals surface area contributed by atoms with Gasteiger partial charge in [0.15, 0.2) is 0 Å².